The average molecular weight is 474 g/mol. The molecule has 0 bridgehead atoms. The maximum atomic E-state index is 13.0. The fourth-order valence-corrected chi connectivity index (χ4v) is 3.84. The summed E-state index contributed by atoms with van der Waals surface area (Å²) in [7, 11) is 0. The van der Waals surface area contributed by atoms with Gasteiger partial charge in [-0.05, 0) is 48.4 Å². The maximum absolute atomic E-state index is 13.0. The lowest BCUT2D eigenvalue weighted by Crippen LogP contribution is -2.30. The van der Waals surface area contributed by atoms with Crippen LogP contribution in [0.4, 0.5) is 18.9 Å². The Hall–Kier alpha value is -3.39. The molecule has 0 fully saturated rings. The molecule has 5 nitrogen and oxygen atoms in total. The predicted molar refractivity (Wildman–Crippen MR) is 119 cm³/mol. The highest BCUT2D eigenvalue weighted by Crippen LogP contribution is 2.31. The first-order chi connectivity index (χ1) is 15.6. The van der Waals surface area contributed by atoms with Gasteiger partial charge in [0.15, 0.2) is 0 Å². The highest BCUT2D eigenvalue weighted by molar-refractivity contribution is 6.30. The van der Waals surface area contributed by atoms with Crippen molar-refractivity contribution in [2.75, 3.05) is 5.32 Å². The number of nitrogens with one attached hydrogen (secondary N) is 1. The molecule has 9 heteroatoms. The second-order valence-corrected chi connectivity index (χ2v) is 8.38. The number of fused-ring (bicyclic) bond motifs is 1. The van der Waals surface area contributed by atoms with Crippen molar-refractivity contribution in [2.24, 2.45) is 0 Å². The van der Waals surface area contributed by atoms with Crippen molar-refractivity contribution in [3.8, 4) is 11.3 Å². The van der Waals surface area contributed by atoms with Crippen molar-refractivity contribution in [3.63, 3.8) is 0 Å². The lowest BCUT2D eigenvalue weighted by Gasteiger charge is -2.16. The van der Waals surface area contributed by atoms with Crippen molar-refractivity contribution in [1.82, 2.24) is 9.88 Å². The van der Waals surface area contributed by atoms with E-state index in [0.29, 0.717) is 24.3 Å². The molecule has 1 aliphatic rings. The average Bonchev–Trinajstić information content (AvgIpc) is 3.21. The molecule has 3 aromatic rings. The van der Waals surface area contributed by atoms with Gasteiger partial charge in [0, 0.05) is 36.1 Å². The van der Waals surface area contributed by atoms with Crippen LogP contribution in [0.5, 0.6) is 0 Å². The lowest BCUT2D eigenvalue weighted by atomic mass is 10.0. The molecule has 1 N–H and O–H groups in total. The van der Waals surface area contributed by atoms with E-state index in [1.807, 2.05) is 6.07 Å². The molecule has 0 radical (unpaired) electrons. The normalized spacial score (nSPS) is 14.0. The van der Waals surface area contributed by atoms with Gasteiger partial charge < -0.3 is 10.2 Å². The van der Waals surface area contributed by atoms with E-state index < -0.39 is 23.0 Å². The zero-order valence-corrected chi connectivity index (χ0v) is 18.2. The number of carbonyl (C=O) groups is 2. The van der Waals surface area contributed by atoms with Gasteiger partial charge in [0.25, 0.3) is 5.91 Å². The molecule has 33 heavy (non-hydrogen) atoms. The monoisotopic (exact) mass is 473 g/mol. The Morgan fingerprint density at radius 1 is 1.06 bits per heavy atom. The summed E-state index contributed by atoms with van der Waals surface area (Å²) in [5.41, 5.74) is 2.52. The van der Waals surface area contributed by atoms with Crippen LogP contribution in [0.25, 0.3) is 11.3 Å². The summed E-state index contributed by atoms with van der Waals surface area (Å²) in [5.74, 6) is -0.580. The molecule has 0 saturated heterocycles. The van der Waals surface area contributed by atoms with Gasteiger partial charge in [0.1, 0.15) is 5.38 Å². The van der Waals surface area contributed by atoms with Crippen LogP contribution in [0.3, 0.4) is 0 Å². The summed E-state index contributed by atoms with van der Waals surface area (Å²) in [6, 6.07) is 14.1. The zero-order chi connectivity index (χ0) is 23.8. The summed E-state index contributed by atoms with van der Waals surface area (Å²) in [6.07, 6.45) is -3.74. The molecular weight excluding hydrogens is 455 g/mol. The second-order valence-electron chi connectivity index (χ2n) is 7.72. The second kappa shape index (κ2) is 8.86. The van der Waals surface area contributed by atoms with Gasteiger partial charge in [-0.15, -0.1) is 11.6 Å². The summed E-state index contributed by atoms with van der Waals surface area (Å²) in [4.78, 5) is 30.7. The molecule has 1 aliphatic heterocycles. The minimum Gasteiger partial charge on any atom is -0.333 e. The van der Waals surface area contributed by atoms with Crippen LogP contribution in [0.2, 0.25) is 0 Å². The summed E-state index contributed by atoms with van der Waals surface area (Å²) < 4.78 is 38.5. The standard InChI is InChI=1S/C24H19ClF3N3O2/c1-14(25)23(33)31-12-15-6-8-18(10-16(15)13-31)30-22(32)20-5-3-2-4-19(20)21-9-7-17(11-29-21)24(26,27)28/h2-11,14H,12-13H2,1H3,(H,30,32). The van der Waals surface area contributed by atoms with Crippen LogP contribution >= 0.6 is 11.6 Å². The smallest absolute Gasteiger partial charge is 0.333 e. The van der Waals surface area contributed by atoms with E-state index in [1.54, 1.807) is 48.2 Å². The van der Waals surface area contributed by atoms with E-state index in [2.05, 4.69) is 10.3 Å². The van der Waals surface area contributed by atoms with E-state index in [-0.39, 0.29) is 17.2 Å². The molecule has 0 spiro atoms. The van der Waals surface area contributed by atoms with E-state index in [0.717, 1.165) is 23.4 Å². The van der Waals surface area contributed by atoms with Gasteiger partial charge in [-0.25, -0.2) is 0 Å². The first-order valence-electron chi connectivity index (χ1n) is 10.1. The highest BCUT2D eigenvalue weighted by Gasteiger charge is 2.31. The molecule has 0 aliphatic carbocycles. The Morgan fingerprint density at radius 3 is 2.45 bits per heavy atom. The Kier molecular flexibility index (Phi) is 6.12. The molecule has 4 rings (SSSR count). The fraction of sp³-hybridized carbons (Fsp3) is 0.208. The SMILES string of the molecule is CC(Cl)C(=O)N1Cc2ccc(NC(=O)c3ccccc3-c3ccc(C(F)(F)F)cn3)cc2C1. The summed E-state index contributed by atoms with van der Waals surface area (Å²) in [6.45, 7) is 2.49. The summed E-state index contributed by atoms with van der Waals surface area (Å²) in [5, 5.41) is 2.21. The number of rotatable bonds is 4. The molecular formula is C24H19ClF3N3O2. The third kappa shape index (κ3) is 4.85. The number of hydrogen-bond donors (Lipinski definition) is 1. The number of amides is 2. The molecule has 1 atom stereocenters. The van der Waals surface area contributed by atoms with E-state index in [9.17, 15) is 22.8 Å². The number of benzene rings is 2. The van der Waals surface area contributed by atoms with E-state index in [1.165, 1.54) is 6.07 Å². The predicted octanol–water partition coefficient (Wildman–Crippen LogP) is 5.49. The molecule has 170 valence electrons. The summed E-state index contributed by atoms with van der Waals surface area (Å²) >= 11 is 5.91. The van der Waals surface area contributed by atoms with Crippen molar-refractivity contribution in [3.05, 3.63) is 83.0 Å². The van der Waals surface area contributed by atoms with Gasteiger partial charge in [-0.3, -0.25) is 14.6 Å². The molecule has 2 amide bonds. The first kappa shape index (κ1) is 22.8. The quantitative estimate of drug-likeness (QED) is 0.510. The minimum absolute atomic E-state index is 0.156. The molecule has 1 aromatic heterocycles. The molecule has 2 aromatic carbocycles. The number of anilines is 1. The first-order valence-corrected chi connectivity index (χ1v) is 10.6. The largest absolute Gasteiger partial charge is 0.417 e. The third-order valence-corrected chi connectivity index (χ3v) is 5.56. The number of pyridine rings is 1. The Bertz CT molecular complexity index is 1210. The van der Waals surface area contributed by atoms with Crippen LogP contribution in [-0.2, 0) is 24.1 Å². The maximum Gasteiger partial charge on any atom is 0.417 e. The van der Waals surface area contributed by atoms with Crippen LogP contribution in [-0.4, -0.2) is 27.1 Å². The van der Waals surface area contributed by atoms with Crippen molar-refractivity contribution < 1.29 is 22.8 Å². The third-order valence-electron chi connectivity index (χ3n) is 5.38. The van der Waals surface area contributed by atoms with Crippen LogP contribution in [0, 0.1) is 0 Å². The molecule has 2 heterocycles. The van der Waals surface area contributed by atoms with Crippen LogP contribution in [0.15, 0.2) is 60.8 Å². The lowest BCUT2D eigenvalue weighted by molar-refractivity contribution is -0.137. The molecule has 0 saturated carbocycles. The van der Waals surface area contributed by atoms with Crippen molar-refractivity contribution in [2.45, 2.75) is 31.6 Å². The molecule has 1 unspecified atom stereocenters. The zero-order valence-electron chi connectivity index (χ0n) is 17.5. The number of aromatic nitrogens is 1. The van der Waals surface area contributed by atoms with E-state index in [4.69, 9.17) is 11.6 Å². The number of hydrogen-bond acceptors (Lipinski definition) is 3. The van der Waals surface area contributed by atoms with Crippen LogP contribution in [0.1, 0.15) is 34.0 Å². The fourth-order valence-electron chi connectivity index (χ4n) is 3.70. The van der Waals surface area contributed by atoms with Gasteiger partial charge in [0.05, 0.1) is 11.3 Å². The van der Waals surface area contributed by atoms with Crippen LogP contribution < -0.4 is 5.32 Å². The highest BCUT2D eigenvalue weighted by atomic mass is 35.5. The Balaban J connectivity index is 1.54. The number of halogens is 4. The minimum atomic E-state index is -4.49. The van der Waals surface area contributed by atoms with E-state index >= 15 is 0 Å². The number of carbonyl (C=O) groups excluding carboxylic acids is 2. The van der Waals surface area contributed by atoms with Gasteiger partial charge >= 0.3 is 6.18 Å². The Labute approximate surface area is 193 Å². The van der Waals surface area contributed by atoms with Crippen molar-refractivity contribution >= 4 is 29.1 Å². The van der Waals surface area contributed by atoms with Gasteiger partial charge in [0.2, 0.25) is 5.91 Å². The van der Waals surface area contributed by atoms with Crippen molar-refractivity contribution in [1.29, 1.82) is 0 Å². The number of nitrogens with zero attached hydrogens (tertiary/aromatic N) is 2. The Morgan fingerprint density at radius 2 is 1.79 bits per heavy atom. The topological polar surface area (TPSA) is 62.3 Å². The number of alkyl halides is 4. The van der Waals surface area contributed by atoms with Gasteiger partial charge in [-0.2, -0.15) is 13.2 Å². The van der Waals surface area contributed by atoms with Gasteiger partial charge in [-0.1, -0.05) is 24.3 Å².